The first kappa shape index (κ1) is 16.8. The predicted octanol–water partition coefficient (Wildman–Crippen LogP) is 2.77. The average Bonchev–Trinajstić information content (AvgIpc) is 2.91. The van der Waals surface area contributed by atoms with E-state index in [1.54, 1.807) is 47.9 Å². The number of aromatic hydroxyl groups is 1. The van der Waals surface area contributed by atoms with E-state index in [9.17, 15) is 9.90 Å². The van der Waals surface area contributed by atoms with Gasteiger partial charge < -0.3 is 9.84 Å². The van der Waals surface area contributed by atoms with Gasteiger partial charge in [-0.3, -0.25) is 9.20 Å². The Balaban J connectivity index is 1.84. The lowest BCUT2D eigenvalue weighted by Crippen LogP contribution is -2.20. The first-order chi connectivity index (χ1) is 12.0. The van der Waals surface area contributed by atoms with Gasteiger partial charge in [-0.15, -0.1) is 0 Å². The van der Waals surface area contributed by atoms with Gasteiger partial charge in [-0.05, 0) is 31.2 Å². The fraction of sp³-hybridized carbons (Fsp3) is 0.118. The van der Waals surface area contributed by atoms with E-state index in [-0.39, 0.29) is 5.75 Å². The predicted molar refractivity (Wildman–Crippen MR) is 94.7 cm³/mol. The highest BCUT2D eigenvalue weighted by Crippen LogP contribution is 2.27. The van der Waals surface area contributed by atoms with Gasteiger partial charge >= 0.3 is 0 Å². The number of pyridine rings is 1. The van der Waals surface area contributed by atoms with Crippen molar-refractivity contribution in [2.45, 2.75) is 6.92 Å². The molecule has 0 fully saturated rings. The number of amides is 1. The van der Waals surface area contributed by atoms with E-state index >= 15 is 0 Å². The molecule has 0 spiro atoms. The van der Waals surface area contributed by atoms with Gasteiger partial charge in [0.2, 0.25) is 0 Å². The van der Waals surface area contributed by atoms with Crippen molar-refractivity contribution in [1.29, 1.82) is 0 Å². The van der Waals surface area contributed by atoms with E-state index in [1.807, 2.05) is 0 Å². The molecule has 3 rings (SSSR count). The van der Waals surface area contributed by atoms with E-state index in [0.29, 0.717) is 33.4 Å². The van der Waals surface area contributed by atoms with Crippen LogP contribution in [-0.2, 0) is 0 Å². The number of fused-ring (bicyclic) bond motifs is 1. The molecule has 0 aliphatic carbocycles. The molecule has 2 aromatic heterocycles. The number of carbonyl (C=O) groups excluding carboxylic acids is 1. The zero-order chi connectivity index (χ0) is 18.0. The lowest BCUT2D eigenvalue weighted by molar-refractivity contribution is 0.0948. The standard InChI is InChI=1S/C17H15ClN4O3/c1-10-15(22-9-12(18)6-7-14(22)20-10)17(24)21-19-8-11-4-3-5-13(25-2)16(11)23/h3-9,23H,1-2H3,(H,21,24). The second-order valence-corrected chi connectivity index (χ2v) is 5.66. The number of hydrogen-bond acceptors (Lipinski definition) is 5. The van der Waals surface area contributed by atoms with Gasteiger partial charge in [0.05, 0.1) is 24.0 Å². The third kappa shape index (κ3) is 3.27. The van der Waals surface area contributed by atoms with Crippen molar-refractivity contribution in [2.75, 3.05) is 7.11 Å². The second-order valence-electron chi connectivity index (χ2n) is 5.22. The van der Waals surface area contributed by atoms with Crippen LogP contribution in [-0.4, -0.2) is 33.7 Å². The molecule has 0 atom stereocenters. The van der Waals surface area contributed by atoms with Crippen LogP contribution >= 0.6 is 11.6 Å². The zero-order valence-electron chi connectivity index (χ0n) is 13.5. The number of rotatable bonds is 4. The number of aryl methyl sites for hydroxylation is 1. The average molecular weight is 359 g/mol. The van der Waals surface area contributed by atoms with Crippen molar-refractivity contribution >= 4 is 29.4 Å². The van der Waals surface area contributed by atoms with Crippen molar-refractivity contribution < 1.29 is 14.6 Å². The number of aromatic nitrogens is 2. The summed E-state index contributed by atoms with van der Waals surface area (Å²) in [5.74, 6) is -0.172. The number of imidazole rings is 1. The van der Waals surface area contributed by atoms with E-state index in [4.69, 9.17) is 16.3 Å². The van der Waals surface area contributed by atoms with Gasteiger partial charge in [0, 0.05) is 11.8 Å². The molecule has 2 heterocycles. The number of nitrogens with zero attached hydrogens (tertiary/aromatic N) is 3. The Morgan fingerprint density at radius 2 is 2.20 bits per heavy atom. The molecular formula is C17H15ClN4O3. The molecular weight excluding hydrogens is 344 g/mol. The third-order valence-corrected chi connectivity index (χ3v) is 3.82. The molecule has 0 aliphatic rings. The summed E-state index contributed by atoms with van der Waals surface area (Å²) < 4.78 is 6.63. The molecule has 25 heavy (non-hydrogen) atoms. The number of phenols is 1. The molecule has 7 nitrogen and oxygen atoms in total. The minimum absolute atomic E-state index is 0.0548. The summed E-state index contributed by atoms with van der Waals surface area (Å²) in [7, 11) is 1.45. The lowest BCUT2D eigenvalue weighted by atomic mass is 10.2. The Labute approximate surface area is 148 Å². The second kappa shape index (κ2) is 6.82. The van der Waals surface area contributed by atoms with E-state index < -0.39 is 5.91 Å². The Hall–Kier alpha value is -3.06. The molecule has 2 N–H and O–H groups in total. The van der Waals surface area contributed by atoms with Crippen molar-refractivity contribution in [3.8, 4) is 11.5 Å². The van der Waals surface area contributed by atoms with E-state index in [0.717, 1.165) is 0 Å². The largest absolute Gasteiger partial charge is 0.504 e. The summed E-state index contributed by atoms with van der Waals surface area (Å²) in [4.78, 5) is 16.7. The third-order valence-electron chi connectivity index (χ3n) is 3.59. The molecule has 0 unspecified atom stereocenters. The minimum Gasteiger partial charge on any atom is -0.504 e. The summed E-state index contributed by atoms with van der Waals surface area (Å²) in [6.45, 7) is 1.73. The van der Waals surface area contributed by atoms with Gasteiger partial charge in [0.25, 0.3) is 5.91 Å². The summed E-state index contributed by atoms with van der Waals surface area (Å²) in [6.07, 6.45) is 2.95. The van der Waals surface area contributed by atoms with Crippen LogP contribution < -0.4 is 10.2 Å². The number of nitrogens with one attached hydrogen (secondary N) is 1. The highest BCUT2D eigenvalue weighted by Gasteiger charge is 2.16. The smallest absolute Gasteiger partial charge is 0.290 e. The van der Waals surface area contributed by atoms with Crippen LogP contribution in [0.25, 0.3) is 5.65 Å². The number of carbonyl (C=O) groups is 1. The summed E-state index contributed by atoms with van der Waals surface area (Å²) in [6, 6.07) is 8.40. The molecule has 128 valence electrons. The van der Waals surface area contributed by atoms with Crippen LogP contribution in [0.1, 0.15) is 21.7 Å². The van der Waals surface area contributed by atoms with Crippen LogP contribution in [0, 0.1) is 6.92 Å². The molecule has 0 aliphatic heterocycles. The molecule has 0 radical (unpaired) electrons. The number of hydrazone groups is 1. The van der Waals surface area contributed by atoms with Gasteiger partial charge in [-0.1, -0.05) is 17.7 Å². The maximum absolute atomic E-state index is 12.4. The maximum Gasteiger partial charge on any atom is 0.290 e. The zero-order valence-corrected chi connectivity index (χ0v) is 14.3. The van der Waals surface area contributed by atoms with E-state index in [1.165, 1.54) is 13.3 Å². The number of halogens is 1. The van der Waals surface area contributed by atoms with Crippen molar-refractivity contribution in [3.05, 3.63) is 58.5 Å². The highest BCUT2D eigenvalue weighted by molar-refractivity contribution is 6.30. The molecule has 3 aromatic rings. The molecule has 1 aromatic carbocycles. The topological polar surface area (TPSA) is 88.2 Å². The van der Waals surface area contributed by atoms with Gasteiger partial charge in [0.1, 0.15) is 11.3 Å². The Bertz CT molecular complexity index is 981. The maximum atomic E-state index is 12.4. The quantitative estimate of drug-likeness (QED) is 0.554. The Morgan fingerprint density at radius 1 is 1.40 bits per heavy atom. The van der Waals surface area contributed by atoms with Gasteiger partial charge in [0.15, 0.2) is 11.5 Å². The lowest BCUT2D eigenvalue weighted by Gasteiger charge is -2.05. The number of ether oxygens (including phenoxy) is 1. The normalized spacial score (nSPS) is 11.2. The fourth-order valence-electron chi connectivity index (χ4n) is 2.43. The first-order valence-electron chi connectivity index (χ1n) is 7.35. The number of para-hydroxylation sites is 1. The van der Waals surface area contributed by atoms with Crippen LogP contribution in [0.4, 0.5) is 0 Å². The van der Waals surface area contributed by atoms with Crippen molar-refractivity contribution in [2.24, 2.45) is 5.10 Å². The summed E-state index contributed by atoms with van der Waals surface area (Å²) in [5.41, 5.74) is 4.34. The molecule has 0 saturated heterocycles. The monoisotopic (exact) mass is 358 g/mol. The fourth-order valence-corrected chi connectivity index (χ4v) is 2.59. The van der Waals surface area contributed by atoms with E-state index in [2.05, 4.69) is 15.5 Å². The molecule has 8 heteroatoms. The molecule has 0 saturated carbocycles. The minimum atomic E-state index is -0.439. The number of benzene rings is 1. The number of methoxy groups -OCH3 is 1. The van der Waals surface area contributed by atoms with Crippen LogP contribution in [0.15, 0.2) is 41.6 Å². The van der Waals surface area contributed by atoms with Crippen LogP contribution in [0.3, 0.4) is 0 Å². The number of hydrogen-bond donors (Lipinski definition) is 2. The summed E-state index contributed by atoms with van der Waals surface area (Å²) >= 11 is 5.99. The number of phenolic OH excluding ortho intramolecular Hbond substituents is 1. The summed E-state index contributed by atoms with van der Waals surface area (Å²) in [5, 5.41) is 14.4. The Morgan fingerprint density at radius 3 is 2.96 bits per heavy atom. The van der Waals surface area contributed by atoms with Crippen molar-refractivity contribution in [3.63, 3.8) is 0 Å². The van der Waals surface area contributed by atoms with Crippen LogP contribution in [0.5, 0.6) is 11.5 Å². The molecule has 1 amide bonds. The van der Waals surface area contributed by atoms with Crippen molar-refractivity contribution in [1.82, 2.24) is 14.8 Å². The van der Waals surface area contributed by atoms with Crippen LogP contribution in [0.2, 0.25) is 5.02 Å². The SMILES string of the molecule is COc1cccc(C=NNC(=O)c2c(C)nc3ccc(Cl)cn23)c1O. The Kier molecular flexibility index (Phi) is 4.58. The van der Waals surface area contributed by atoms with Gasteiger partial charge in [-0.25, -0.2) is 10.4 Å². The highest BCUT2D eigenvalue weighted by atomic mass is 35.5. The van der Waals surface area contributed by atoms with Gasteiger partial charge in [-0.2, -0.15) is 5.10 Å². The first-order valence-corrected chi connectivity index (χ1v) is 7.72. The molecule has 0 bridgehead atoms.